The summed E-state index contributed by atoms with van der Waals surface area (Å²) in [4.78, 5) is 13.8. The van der Waals surface area contributed by atoms with Gasteiger partial charge in [-0.05, 0) is 54.5 Å². The number of sulfonamides is 1. The van der Waals surface area contributed by atoms with Gasteiger partial charge in [-0.25, -0.2) is 8.42 Å². The van der Waals surface area contributed by atoms with Gasteiger partial charge >= 0.3 is 0 Å². The lowest BCUT2D eigenvalue weighted by molar-refractivity contribution is 0.0923. The van der Waals surface area contributed by atoms with E-state index >= 15 is 0 Å². The summed E-state index contributed by atoms with van der Waals surface area (Å²) in [6.45, 7) is 0. The third kappa shape index (κ3) is 4.83. The van der Waals surface area contributed by atoms with Gasteiger partial charge in [0.15, 0.2) is 0 Å². The Morgan fingerprint density at radius 1 is 1.16 bits per heavy atom. The van der Waals surface area contributed by atoms with Gasteiger partial charge in [-0.3, -0.25) is 9.52 Å². The van der Waals surface area contributed by atoms with Crippen molar-refractivity contribution in [1.82, 2.24) is 5.32 Å². The molecule has 25 heavy (non-hydrogen) atoms. The maximum atomic E-state index is 12.7. The first kappa shape index (κ1) is 17.9. The first-order chi connectivity index (χ1) is 11.9. The van der Waals surface area contributed by atoms with Crippen molar-refractivity contribution in [1.29, 1.82) is 0 Å². The third-order valence-corrected chi connectivity index (χ3v) is 6.02. The fraction of sp³-hybridized carbons (Fsp3) is 0.389. The summed E-state index contributed by atoms with van der Waals surface area (Å²) in [5.41, 5.74) is 0.975. The average molecular weight is 379 g/mol. The summed E-state index contributed by atoms with van der Waals surface area (Å²) < 4.78 is 24.9. The zero-order chi connectivity index (χ0) is 17.9. The van der Waals surface area contributed by atoms with Crippen LogP contribution in [-0.2, 0) is 10.0 Å². The number of benzene rings is 1. The van der Waals surface area contributed by atoms with Crippen LogP contribution in [0.4, 0.5) is 5.69 Å². The maximum absolute atomic E-state index is 12.7. The molecule has 1 aliphatic carbocycles. The molecule has 1 aromatic carbocycles. The van der Waals surface area contributed by atoms with Crippen LogP contribution in [0.5, 0.6) is 0 Å². The normalized spacial score (nSPS) is 16.5. The number of hydrogen-bond donors (Lipinski definition) is 2. The number of hydrogen-bond acceptors (Lipinski definition) is 4. The van der Waals surface area contributed by atoms with E-state index in [2.05, 4.69) is 16.1 Å². The van der Waals surface area contributed by atoms with Gasteiger partial charge in [0.05, 0.1) is 12.3 Å². The lowest BCUT2D eigenvalue weighted by atomic mass is 9.96. The van der Waals surface area contributed by atoms with Crippen molar-refractivity contribution in [2.24, 2.45) is 5.92 Å². The van der Waals surface area contributed by atoms with Crippen molar-refractivity contribution in [2.75, 3.05) is 11.0 Å². The summed E-state index contributed by atoms with van der Waals surface area (Å²) >= 11 is 1.67. The lowest BCUT2D eigenvalue weighted by Gasteiger charge is -2.24. The number of amides is 1. The summed E-state index contributed by atoms with van der Waals surface area (Å²) in [5.74, 6) is 0.352. The van der Waals surface area contributed by atoms with Crippen molar-refractivity contribution < 1.29 is 13.2 Å². The van der Waals surface area contributed by atoms with Gasteiger partial charge in [-0.1, -0.05) is 18.9 Å². The minimum absolute atomic E-state index is 0.0452. The van der Waals surface area contributed by atoms with E-state index in [1.165, 1.54) is 17.7 Å². The fourth-order valence-corrected chi connectivity index (χ4v) is 4.74. The van der Waals surface area contributed by atoms with Crippen LogP contribution in [0.25, 0.3) is 0 Å². The third-order valence-electron chi connectivity index (χ3n) is 4.46. The Balaban J connectivity index is 1.73. The second-order valence-electron chi connectivity index (χ2n) is 6.46. The van der Waals surface area contributed by atoms with Gasteiger partial charge in [0.1, 0.15) is 0 Å². The molecule has 1 amide bonds. The van der Waals surface area contributed by atoms with Crippen LogP contribution in [0.15, 0.2) is 41.8 Å². The van der Waals surface area contributed by atoms with Crippen LogP contribution >= 0.6 is 11.3 Å². The summed E-state index contributed by atoms with van der Waals surface area (Å²) in [7, 11) is -3.32. The topological polar surface area (TPSA) is 75.3 Å². The highest BCUT2D eigenvalue weighted by atomic mass is 32.2. The van der Waals surface area contributed by atoms with Crippen LogP contribution in [0, 0.1) is 5.92 Å². The first-order valence-electron chi connectivity index (χ1n) is 8.34. The van der Waals surface area contributed by atoms with Crippen LogP contribution in [0.3, 0.4) is 0 Å². The van der Waals surface area contributed by atoms with E-state index in [1.54, 1.807) is 35.6 Å². The van der Waals surface area contributed by atoms with E-state index in [9.17, 15) is 13.2 Å². The Kier molecular flexibility index (Phi) is 5.44. The van der Waals surface area contributed by atoms with Crippen molar-refractivity contribution in [3.63, 3.8) is 0 Å². The molecule has 1 unspecified atom stereocenters. The molecule has 0 radical (unpaired) electrons. The van der Waals surface area contributed by atoms with E-state index < -0.39 is 10.0 Å². The maximum Gasteiger partial charge on any atom is 0.251 e. The zero-order valence-corrected chi connectivity index (χ0v) is 15.7. The van der Waals surface area contributed by atoms with E-state index in [1.807, 2.05) is 11.4 Å². The molecule has 134 valence electrons. The van der Waals surface area contributed by atoms with Gasteiger partial charge in [0.25, 0.3) is 5.91 Å². The molecule has 0 bridgehead atoms. The predicted octanol–water partition coefficient (Wildman–Crippen LogP) is 3.78. The van der Waals surface area contributed by atoms with Crippen LogP contribution in [0.1, 0.15) is 47.0 Å². The highest BCUT2D eigenvalue weighted by Gasteiger charge is 2.28. The Morgan fingerprint density at radius 2 is 1.84 bits per heavy atom. The molecular formula is C18H22N2O3S2. The van der Waals surface area contributed by atoms with Gasteiger partial charge in [0, 0.05) is 16.1 Å². The molecule has 2 N–H and O–H groups in total. The summed E-state index contributed by atoms with van der Waals surface area (Å²) in [5, 5.41) is 5.21. The highest BCUT2D eigenvalue weighted by molar-refractivity contribution is 7.92. The first-order valence-corrected chi connectivity index (χ1v) is 11.1. The largest absolute Gasteiger partial charge is 0.344 e. The van der Waals surface area contributed by atoms with Crippen molar-refractivity contribution in [3.05, 3.63) is 52.2 Å². The predicted molar refractivity (Wildman–Crippen MR) is 101 cm³/mol. The quantitative estimate of drug-likeness (QED) is 0.803. The molecule has 5 nitrogen and oxygen atoms in total. The number of carbonyl (C=O) groups is 1. The number of nitrogens with one attached hydrogen (secondary N) is 2. The van der Waals surface area contributed by atoms with E-state index in [-0.39, 0.29) is 11.9 Å². The number of rotatable bonds is 6. The molecule has 1 saturated carbocycles. The molecule has 2 aromatic rings. The molecule has 3 rings (SSSR count). The molecule has 0 spiro atoms. The number of carbonyl (C=O) groups excluding carboxylic acids is 1. The van der Waals surface area contributed by atoms with Crippen molar-refractivity contribution in [3.8, 4) is 0 Å². The van der Waals surface area contributed by atoms with Crippen molar-refractivity contribution in [2.45, 2.75) is 31.7 Å². The zero-order valence-electron chi connectivity index (χ0n) is 14.1. The number of thiophene rings is 1. The molecule has 1 fully saturated rings. The second kappa shape index (κ2) is 7.58. The Bertz CT molecular complexity index is 809. The summed E-state index contributed by atoms with van der Waals surface area (Å²) in [6, 6.07) is 10.6. The van der Waals surface area contributed by atoms with Gasteiger partial charge in [-0.2, -0.15) is 0 Å². The Labute approximate surface area is 152 Å². The molecule has 1 aliphatic rings. The van der Waals surface area contributed by atoms with Gasteiger partial charge in [0.2, 0.25) is 10.0 Å². The van der Waals surface area contributed by atoms with Crippen molar-refractivity contribution >= 4 is 33.0 Å². The molecular weight excluding hydrogens is 356 g/mol. The standard InChI is InChI=1S/C18H22N2O3S2/c1-25(22,23)20-15-10-8-14(9-11-15)18(21)19-17(13-5-2-3-6-13)16-7-4-12-24-16/h4,7-13,17,20H,2-3,5-6H2,1H3,(H,19,21). The van der Waals surface area contributed by atoms with Crippen LogP contribution < -0.4 is 10.0 Å². The number of anilines is 1. The monoisotopic (exact) mass is 378 g/mol. The molecule has 1 heterocycles. The van der Waals surface area contributed by atoms with E-state index in [0.29, 0.717) is 17.2 Å². The smallest absolute Gasteiger partial charge is 0.251 e. The lowest BCUT2D eigenvalue weighted by Crippen LogP contribution is -2.32. The molecule has 1 atom stereocenters. The molecule has 7 heteroatoms. The molecule has 1 aromatic heterocycles. The second-order valence-corrected chi connectivity index (χ2v) is 9.19. The minimum atomic E-state index is -3.32. The average Bonchev–Trinajstić information content (AvgIpc) is 3.25. The van der Waals surface area contributed by atoms with Crippen LogP contribution in [0.2, 0.25) is 0 Å². The van der Waals surface area contributed by atoms with Gasteiger partial charge < -0.3 is 5.32 Å². The fourth-order valence-electron chi connectivity index (χ4n) is 3.31. The molecule has 0 aliphatic heterocycles. The Morgan fingerprint density at radius 3 is 2.40 bits per heavy atom. The van der Waals surface area contributed by atoms with Gasteiger partial charge in [-0.15, -0.1) is 11.3 Å². The van der Waals surface area contributed by atoms with E-state index in [4.69, 9.17) is 0 Å². The van der Waals surface area contributed by atoms with Crippen LogP contribution in [-0.4, -0.2) is 20.6 Å². The molecule has 0 saturated heterocycles. The highest BCUT2D eigenvalue weighted by Crippen LogP contribution is 2.37. The minimum Gasteiger partial charge on any atom is -0.344 e. The Hall–Kier alpha value is -1.86. The van der Waals surface area contributed by atoms with E-state index in [0.717, 1.165) is 19.1 Å². The SMILES string of the molecule is CS(=O)(=O)Nc1ccc(C(=O)NC(c2cccs2)C2CCCC2)cc1. The summed E-state index contributed by atoms with van der Waals surface area (Å²) in [6.07, 6.45) is 5.81.